The van der Waals surface area contributed by atoms with E-state index in [0.29, 0.717) is 30.2 Å². The highest BCUT2D eigenvalue weighted by molar-refractivity contribution is 7.13. The fourth-order valence-electron chi connectivity index (χ4n) is 5.72. The van der Waals surface area contributed by atoms with Crippen molar-refractivity contribution in [2.75, 3.05) is 18.5 Å². The summed E-state index contributed by atoms with van der Waals surface area (Å²) in [5.41, 5.74) is 9.80. The largest absolute Gasteiger partial charge is 0.372 e. The molecule has 4 aromatic carbocycles. The number of carbonyl (C=O) groups excluding carboxylic acids is 2. The minimum absolute atomic E-state index is 0.0685. The van der Waals surface area contributed by atoms with Gasteiger partial charge in [0.1, 0.15) is 5.01 Å². The smallest absolute Gasteiger partial charge is 0.258 e. The number of carbonyl (C=O) groups is 2. The Balaban J connectivity index is 1.17. The molecule has 8 heteroatoms. The lowest BCUT2D eigenvalue weighted by molar-refractivity contribution is -0.116. The zero-order chi connectivity index (χ0) is 32.9. The van der Waals surface area contributed by atoms with Crippen LogP contribution in [-0.4, -0.2) is 35.3 Å². The number of anilines is 1. The molecule has 0 aliphatic carbocycles. The summed E-state index contributed by atoms with van der Waals surface area (Å²) in [7, 11) is 2.01. The molecule has 6 rings (SSSR count). The first-order valence-electron chi connectivity index (χ1n) is 15.4. The lowest BCUT2D eigenvalue weighted by Crippen LogP contribution is -2.34. The summed E-state index contributed by atoms with van der Waals surface area (Å²) in [5.74, 6) is -0.291. The van der Waals surface area contributed by atoms with E-state index in [2.05, 4.69) is 47.2 Å². The van der Waals surface area contributed by atoms with Gasteiger partial charge in [-0.1, -0.05) is 78.3 Å². The molecule has 47 heavy (non-hydrogen) atoms. The van der Waals surface area contributed by atoms with Gasteiger partial charge >= 0.3 is 0 Å². The van der Waals surface area contributed by atoms with Crippen LogP contribution in [0.3, 0.4) is 0 Å². The maximum atomic E-state index is 14.1. The molecule has 0 bridgehead atoms. The van der Waals surface area contributed by atoms with Crippen molar-refractivity contribution < 1.29 is 9.59 Å². The summed E-state index contributed by atoms with van der Waals surface area (Å²) < 4.78 is 0. The first-order valence-corrected chi connectivity index (χ1v) is 16.7. The van der Waals surface area contributed by atoms with E-state index in [4.69, 9.17) is 11.6 Å². The molecule has 0 saturated heterocycles. The number of aromatic nitrogens is 1. The highest BCUT2D eigenvalue weighted by Crippen LogP contribution is 2.32. The summed E-state index contributed by atoms with van der Waals surface area (Å²) in [6, 6.07) is 29.8. The second-order valence-electron chi connectivity index (χ2n) is 11.6. The standard InChI is InChI=1S/C39H35ClN4O2S/c1-26-9-4-6-12-34(26)35-20-17-29(21-27(35)2)39(46)44-24-33(43(3)23-30-10-5-7-13-36(30)44)11-8-14-37(45)41-22-32-25-47-38(42-32)28-15-18-31(40)19-16-28/h4-21,25H,22-24H2,1-3H3,(H,41,45)/b14-8+,33-11-. The minimum Gasteiger partial charge on any atom is -0.372 e. The Morgan fingerprint density at radius 2 is 1.66 bits per heavy atom. The monoisotopic (exact) mass is 658 g/mol. The molecule has 0 atom stereocenters. The van der Waals surface area contributed by atoms with Crippen molar-refractivity contribution in [1.29, 1.82) is 0 Å². The van der Waals surface area contributed by atoms with Crippen molar-refractivity contribution in [1.82, 2.24) is 15.2 Å². The number of rotatable bonds is 7. The van der Waals surface area contributed by atoms with Crippen molar-refractivity contribution in [3.05, 3.63) is 153 Å². The normalized spacial score (nSPS) is 13.9. The molecule has 1 N–H and O–H groups in total. The maximum absolute atomic E-state index is 14.1. The number of para-hydroxylation sites is 1. The van der Waals surface area contributed by atoms with Gasteiger partial charge in [-0.15, -0.1) is 11.3 Å². The molecule has 0 fully saturated rings. The number of allylic oxidation sites excluding steroid dienone is 2. The maximum Gasteiger partial charge on any atom is 0.258 e. The Labute approximate surface area is 284 Å². The van der Waals surface area contributed by atoms with Crippen LogP contribution in [0.2, 0.25) is 5.02 Å². The van der Waals surface area contributed by atoms with E-state index < -0.39 is 0 Å². The molecule has 5 aromatic rings. The average Bonchev–Trinajstić information content (AvgIpc) is 3.50. The highest BCUT2D eigenvalue weighted by Gasteiger charge is 2.26. The topological polar surface area (TPSA) is 65.5 Å². The molecular formula is C39H35ClN4O2S. The van der Waals surface area contributed by atoms with Gasteiger partial charge in [0.15, 0.2) is 0 Å². The second-order valence-corrected chi connectivity index (χ2v) is 12.9. The summed E-state index contributed by atoms with van der Waals surface area (Å²) in [4.78, 5) is 35.4. The molecule has 0 radical (unpaired) electrons. The zero-order valence-electron chi connectivity index (χ0n) is 26.5. The number of fused-ring (bicyclic) bond motifs is 1. The number of amides is 2. The van der Waals surface area contributed by atoms with Crippen molar-refractivity contribution in [2.24, 2.45) is 0 Å². The zero-order valence-corrected chi connectivity index (χ0v) is 28.1. The molecule has 1 aromatic heterocycles. The molecule has 6 nitrogen and oxygen atoms in total. The number of likely N-dealkylation sites (N-methyl/N-ethyl adjacent to an activating group) is 1. The van der Waals surface area contributed by atoms with Crippen molar-refractivity contribution >= 4 is 40.4 Å². The second kappa shape index (κ2) is 14.2. The van der Waals surface area contributed by atoms with E-state index in [9.17, 15) is 9.59 Å². The van der Waals surface area contributed by atoms with E-state index >= 15 is 0 Å². The van der Waals surface area contributed by atoms with Crippen LogP contribution in [0.15, 0.2) is 120 Å². The molecule has 0 unspecified atom stereocenters. The summed E-state index contributed by atoms with van der Waals surface area (Å²) in [6.07, 6.45) is 5.14. The number of halogens is 1. The molecule has 236 valence electrons. The van der Waals surface area contributed by atoms with E-state index in [1.807, 2.05) is 96.2 Å². The van der Waals surface area contributed by atoms with Gasteiger partial charge in [0.25, 0.3) is 5.91 Å². The predicted octanol–water partition coefficient (Wildman–Crippen LogP) is 8.60. The SMILES string of the molecule is Cc1ccccc1-c1ccc(C(=O)N2C/C(=C/C=C/C(=O)NCc3csc(-c4ccc(Cl)cc4)n3)N(C)Cc3ccccc32)cc1C. The Morgan fingerprint density at radius 3 is 2.45 bits per heavy atom. The highest BCUT2D eigenvalue weighted by atomic mass is 35.5. The molecule has 2 amide bonds. The van der Waals surface area contributed by atoms with Gasteiger partial charge in [-0.2, -0.15) is 0 Å². The first kappa shape index (κ1) is 32.0. The van der Waals surface area contributed by atoms with Gasteiger partial charge in [-0.25, -0.2) is 4.98 Å². The van der Waals surface area contributed by atoms with Gasteiger partial charge in [0, 0.05) is 52.6 Å². The Kier molecular flexibility index (Phi) is 9.66. The van der Waals surface area contributed by atoms with Gasteiger partial charge in [-0.3, -0.25) is 9.59 Å². The lowest BCUT2D eigenvalue weighted by Gasteiger charge is -2.25. The number of nitrogens with one attached hydrogen (secondary N) is 1. The number of thiazole rings is 1. The van der Waals surface area contributed by atoms with Crippen LogP contribution in [0.1, 0.15) is 32.7 Å². The quantitative estimate of drug-likeness (QED) is 0.178. The number of hydrogen-bond donors (Lipinski definition) is 1. The van der Waals surface area contributed by atoms with Gasteiger partial charge in [0.05, 0.1) is 18.8 Å². The summed E-state index contributed by atoms with van der Waals surface area (Å²) in [5, 5.41) is 6.41. The van der Waals surface area contributed by atoms with Crippen molar-refractivity contribution in [3.8, 4) is 21.7 Å². The van der Waals surface area contributed by atoms with Gasteiger partial charge in [-0.05, 0) is 78.1 Å². The Morgan fingerprint density at radius 1 is 0.915 bits per heavy atom. The first-order chi connectivity index (χ1) is 22.8. The fraction of sp³-hybridized carbons (Fsp3) is 0.154. The number of hydrogen-bond acceptors (Lipinski definition) is 5. The lowest BCUT2D eigenvalue weighted by atomic mass is 9.95. The fourth-order valence-corrected chi connectivity index (χ4v) is 6.67. The number of nitrogens with zero attached hydrogens (tertiary/aromatic N) is 3. The number of benzene rings is 4. The predicted molar refractivity (Wildman–Crippen MR) is 193 cm³/mol. The van der Waals surface area contributed by atoms with Crippen LogP contribution in [0.4, 0.5) is 5.69 Å². The summed E-state index contributed by atoms with van der Waals surface area (Å²) in [6.45, 7) is 5.48. The molecule has 0 saturated carbocycles. The van der Waals surface area contributed by atoms with Crippen LogP contribution in [0.5, 0.6) is 0 Å². The molecule has 2 heterocycles. The van der Waals surface area contributed by atoms with Crippen LogP contribution in [-0.2, 0) is 17.9 Å². The van der Waals surface area contributed by atoms with E-state index in [1.165, 1.54) is 28.5 Å². The van der Waals surface area contributed by atoms with Crippen LogP contribution < -0.4 is 10.2 Å². The van der Waals surface area contributed by atoms with Gasteiger partial charge in [0.2, 0.25) is 5.91 Å². The third-order valence-electron chi connectivity index (χ3n) is 8.28. The van der Waals surface area contributed by atoms with Crippen LogP contribution in [0.25, 0.3) is 21.7 Å². The van der Waals surface area contributed by atoms with Crippen molar-refractivity contribution in [3.63, 3.8) is 0 Å². The van der Waals surface area contributed by atoms with Crippen LogP contribution >= 0.6 is 22.9 Å². The summed E-state index contributed by atoms with van der Waals surface area (Å²) >= 11 is 7.53. The number of aryl methyl sites for hydroxylation is 2. The van der Waals surface area contributed by atoms with E-state index in [0.717, 1.165) is 44.3 Å². The molecule has 0 spiro atoms. The Hall–Kier alpha value is -4.98. The van der Waals surface area contributed by atoms with Gasteiger partial charge < -0.3 is 15.1 Å². The molecular weight excluding hydrogens is 624 g/mol. The molecule has 1 aliphatic heterocycles. The molecule has 1 aliphatic rings. The van der Waals surface area contributed by atoms with Crippen molar-refractivity contribution in [2.45, 2.75) is 26.9 Å². The third-order valence-corrected chi connectivity index (χ3v) is 9.47. The average molecular weight is 659 g/mol. The minimum atomic E-state index is -0.223. The van der Waals surface area contributed by atoms with Crippen LogP contribution in [0, 0.1) is 13.8 Å². The Bertz CT molecular complexity index is 2000. The third kappa shape index (κ3) is 7.38. The van der Waals surface area contributed by atoms with E-state index in [-0.39, 0.29) is 11.8 Å². The van der Waals surface area contributed by atoms with E-state index in [1.54, 1.807) is 6.08 Å².